The number of unbranched alkanes of at least 4 members (excludes halogenated alkanes) is 1. The van der Waals surface area contributed by atoms with Crippen molar-refractivity contribution < 1.29 is 14.5 Å². The average molecular weight is 383 g/mol. The molecule has 1 amide bonds. The summed E-state index contributed by atoms with van der Waals surface area (Å²) in [5.41, 5.74) is 0.787. The number of nitrogens with zero attached hydrogens (tertiary/aromatic N) is 3. The minimum Gasteiger partial charge on any atom is -0.490 e. The Bertz CT molecular complexity index is 833. The number of nitro benzene ring substituents is 1. The Hall–Kier alpha value is -3.67. The van der Waals surface area contributed by atoms with Gasteiger partial charge in [-0.3, -0.25) is 14.9 Å². The lowest BCUT2D eigenvalue weighted by molar-refractivity contribution is -0.384. The standard InChI is InChI=1S/C19H21N5O4/c20-11-1-2-14-28-17-5-3-13-22-19(17)23-18(25)6-4-12-21-15-7-9-16(10-8-15)24(26)27/h3,5,7-10,13,21H,1-2,4,6,12,14H2,(H,22,23,25). The van der Waals surface area contributed by atoms with E-state index in [-0.39, 0.29) is 18.0 Å². The largest absolute Gasteiger partial charge is 0.490 e. The molecule has 2 rings (SSSR count). The van der Waals surface area contributed by atoms with E-state index >= 15 is 0 Å². The van der Waals surface area contributed by atoms with Crippen LogP contribution >= 0.6 is 0 Å². The molecule has 28 heavy (non-hydrogen) atoms. The molecular formula is C19H21N5O4. The van der Waals surface area contributed by atoms with E-state index in [4.69, 9.17) is 10.00 Å². The van der Waals surface area contributed by atoms with Gasteiger partial charge in [0.15, 0.2) is 11.6 Å². The van der Waals surface area contributed by atoms with E-state index < -0.39 is 4.92 Å². The fourth-order valence-electron chi connectivity index (χ4n) is 2.31. The van der Waals surface area contributed by atoms with Gasteiger partial charge in [0.25, 0.3) is 5.69 Å². The van der Waals surface area contributed by atoms with Crippen molar-refractivity contribution in [3.05, 3.63) is 52.7 Å². The number of carbonyl (C=O) groups is 1. The van der Waals surface area contributed by atoms with Crippen LogP contribution in [0.5, 0.6) is 5.75 Å². The summed E-state index contributed by atoms with van der Waals surface area (Å²) in [5, 5.41) is 25.0. The van der Waals surface area contributed by atoms with Crippen LogP contribution in [-0.2, 0) is 4.79 Å². The number of hydrogen-bond acceptors (Lipinski definition) is 7. The number of hydrogen-bond donors (Lipinski definition) is 2. The molecule has 1 heterocycles. The Balaban J connectivity index is 1.74. The number of pyridine rings is 1. The van der Waals surface area contributed by atoms with Gasteiger partial charge in [0.1, 0.15) is 0 Å². The highest BCUT2D eigenvalue weighted by Gasteiger charge is 2.09. The summed E-state index contributed by atoms with van der Waals surface area (Å²) in [4.78, 5) is 26.4. The van der Waals surface area contributed by atoms with Crippen LogP contribution in [0, 0.1) is 21.4 Å². The quantitative estimate of drug-likeness (QED) is 0.345. The molecule has 0 aliphatic carbocycles. The summed E-state index contributed by atoms with van der Waals surface area (Å²) in [5.74, 6) is 0.636. The molecule has 0 aliphatic heterocycles. The zero-order valence-electron chi connectivity index (χ0n) is 15.3. The lowest BCUT2D eigenvalue weighted by Gasteiger charge is -2.11. The fraction of sp³-hybridized carbons (Fsp3) is 0.316. The molecule has 146 valence electrons. The van der Waals surface area contributed by atoms with Crippen molar-refractivity contribution in [2.75, 3.05) is 23.8 Å². The molecule has 2 N–H and O–H groups in total. The first-order valence-corrected chi connectivity index (χ1v) is 8.83. The Labute approximate surface area is 162 Å². The van der Waals surface area contributed by atoms with Crippen molar-refractivity contribution in [1.29, 1.82) is 5.26 Å². The number of anilines is 2. The summed E-state index contributed by atoms with van der Waals surface area (Å²) < 4.78 is 5.56. The second-order valence-electron chi connectivity index (χ2n) is 5.84. The maximum absolute atomic E-state index is 12.1. The maximum Gasteiger partial charge on any atom is 0.269 e. The third-order valence-corrected chi connectivity index (χ3v) is 3.71. The summed E-state index contributed by atoms with van der Waals surface area (Å²) in [6.45, 7) is 0.923. The minimum absolute atomic E-state index is 0.0333. The third-order valence-electron chi connectivity index (χ3n) is 3.71. The zero-order chi connectivity index (χ0) is 20.2. The van der Waals surface area contributed by atoms with Gasteiger partial charge in [0, 0.05) is 43.4 Å². The molecule has 0 saturated carbocycles. The SMILES string of the molecule is N#CCCCOc1cccnc1NC(=O)CCCNc1ccc([N+](=O)[O-])cc1. The summed E-state index contributed by atoms with van der Waals surface area (Å²) in [7, 11) is 0. The number of nitrogens with one attached hydrogen (secondary N) is 2. The minimum atomic E-state index is -0.451. The zero-order valence-corrected chi connectivity index (χ0v) is 15.3. The molecule has 0 bridgehead atoms. The predicted octanol–water partition coefficient (Wildman–Crippen LogP) is 3.50. The number of nitriles is 1. The van der Waals surface area contributed by atoms with E-state index in [0.717, 1.165) is 5.69 Å². The van der Waals surface area contributed by atoms with Crippen molar-refractivity contribution in [1.82, 2.24) is 4.98 Å². The van der Waals surface area contributed by atoms with Crippen molar-refractivity contribution in [3.63, 3.8) is 0 Å². The normalized spacial score (nSPS) is 9.96. The van der Waals surface area contributed by atoms with E-state index in [1.165, 1.54) is 12.1 Å². The molecule has 0 atom stereocenters. The first-order valence-electron chi connectivity index (χ1n) is 8.83. The van der Waals surface area contributed by atoms with Crippen LogP contribution in [0.4, 0.5) is 17.2 Å². The number of nitro groups is 1. The highest BCUT2D eigenvalue weighted by molar-refractivity contribution is 5.91. The number of benzene rings is 1. The average Bonchev–Trinajstić information content (AvgIpc) is 2.70. The lowest BCUT2D eigenvalue weighted by Crippen LogP contribution is -2.15. The second-order valence-corrected chi connectivity index (χ2v) is 5.84. The molecule has 1 aromatic carbocycles. The van der Waals surface area contributed by atoms with E-state index in [2.05, 4.69) is 15.6 Å². The molecule has 0 fully saturated rings. The van der Waals surface area contributed by atoms with Gasteiger partial charge < -0.3 is 15.4 Å². The van der Waals surface area contributed by atoms with Crippen molar-refractivity contribution in [3.8, 4) is 11.8 Å². The van der Waals surface area contributed by atoms with Gasteiger partial charge in [0.2, 0.25) is 5.91 Å². The van der Waals surface area contributed by atoms with E-state index in [1.54, 1.807) is 30.5 Å². The van der Waals surface area contributed by atoms with Crippen molar-refractivity contribution in [2.45, 2.75) is 25.7 Å². The number of ether oxygens (including phenoxy) is 1. The lowest BCUT2D eigenvalue weighted by atomic mass is 10.2. The van der Waals surface area contributed by atoms with Crippen LogP contribution in [0.2, 0.25) is 0 Å². The second kappa shape index (κ2) is 11.1. The first kappa shape index (κ1) is 20.6. The molecular weight excluding hydrogens is 362 g/mol. The topological polar surface area (TPSA) is 130 Å². The highest BCUT2D eigenvalue weighted by atomic mass is 16.6. The molecule has 2 aromatic rings. The number of amides is 1. The van der Waals surface area contributed by atoms with Gasteiger partial charge in [-0.05, 0) is 37.1 Å². The Morgan fingerprint density at radius 2 is 2.04 bits per heavy atom. The molecule has 0 radical (unpaired) electrons. The van der Waals surface area contributed by atoms with Gasteiger partial charge in [-0.25, -0.2) is 4.98 Å². The van der Waals surface area contributed by atoms with Gasteiger partial charge in [-0.1, -0.05) is 0 Å². The molecule has 0 spiro atoms. The number of non-ortho nitro benzene ring substituents is 1. The Morgan fingerprint density at radius 3 is 2.75 bits per heavy atom. The van der Waals surface area contributed by atoms with Gasteiger partial charge >= 0.3 is 0 Å². The molecule has 1 aromatic heterocycles. The van der Waals surface area contributed by atoms with E-state index in [1.807, 2.05) is 6.07 Å². The van der Waals surface area contributed by atoms with Crippen molar-refractivity contribution in [2.24, 2.45) is 0 Å². The summed E-state index contributed by atoms with van der Waals surface area (Å²) >= 11 is 0. The smallest absolute Gasteiger partial charge is 0.269 e. The predicted molar refractivity (Wildman–Crippen MR) is 104 cm³/mol. The monoisotopic (exact) mass is 383 g/mol. The van der Waals surface area contributed by atoms with Crippen LogP contribution in [-0.4, -0.2) is 29.0 Å². The Morgan fingerprint density at radius 1 is 1.25 bits per heavy atom. The Kier molecular flexibility index (Phi) is 8.20. The number of rotatable bonds is 11. The van der Waals surface area contributed by atoms with Crippen LogP contribution in [0.25, 0.3) is 0 Å². The molecule has 9 heteroatoms. The molecule has 9 nitrogen and oxygen atoms in total. The third kappa shape index (κ3) is 6.92. The molecule has 0 aliphatic rings. The van der Waals surface area contributed by atoms with Gasteiger partial charge in [0.05, 0.1) is 17.6 Å². The summed E-state index contributed by atoms with van der Waals surface area (Å²) in [6, 6.07) is 11.6. The number of aromatic nitrogens is 1. The van der Waals surface area contributed by atoms with E-state index in [0.29, 0.717) is 44.0 Å². The van der Waals surface area contributed by atoms with Gasteiger partial charge in [-0.15, -0.1) is 0 Å². The van der Waals surface area contributed by atoms with E-state index in [9.17, 15) is 14.9 Å². The highest BCUT2D eigenvalue weighted by Crippen LogP contribution is 2.21. The number of carbonyl (C=O) groups excluding carboxylic acids is 1. The summed E-state index contributed by atoms with van der Waals surface area (Å²) in [6.07, 6.45) is 3.43. The van der Waals surface area contributed by atoms with Crippen molar-refractivity contribution >= 4 is 23.1 Å². The molecule has 0 unspecified atom stereocenters. The molecule has 0 saturated heterocycles. The fourth-order valence-corrected chi connectivity index (χ4v) is 2.31. The van der Waals surface area contributed by atoms with Crippen LogP contribution in [0.15, 0.2) is 42.6 Å². The van der Waals surface area contributed by atoms with Gasteiger partial charge in [-0.2, -0.15) is 5.26 Å². The van der Waals surface area contributed by atoms with Crippen LogP contribution < -0.4 is 15.4 Å². The van der Waals surface area contributed by atoms with Crippen LogP contribution in [0.3, 0.4) is 0 Å². The maximum atomic E-state index is 12.1. The first-order chi connectivity index (χ1) is 13.6. The van der Waals surface area contributed by atoms with Crippen LogP contribution in [0.1, 0.15) is 25.7 Å².